The number of non-ortho nitro benzene ring substituents is 1. The number of nitrogens with zero attached hydrogens (tertiary/aromatic N) is 4. The molecule has 0 atom stereocenters. The predicted octanol–water partition coefficient (Wildman–Crippen LogP) is 3.31. The van der Waals surface area contributed by atoms with E-state index in [1.165, 1.54) is 23.5 Å². The molecule has 19 heavy (non-hydrogen) atoms. The summed E-state index contributed by atoms with van der Waals surface area (Å²) in [6, 6.07) is 4.31. The van der Waals surface area contributed by atoms with Crippen molar-refractivity contribution in [1.29, 1.82) is 0 Å². The molecule has 6 nitrogen and oxygen atoms in total. The van der Waals surface area contributed by atoms with Crippen LogP contribution in [0.15, 0.2) is 29.9 Å². The van der Waals surface area contributed by atoms with Crippen LogP contribution in [0.3, 0.4) is 0 Å². The van der Waals surface area contributed by atoms with Crippen molar-refractivity contribution in [1.82, 2.24) is 15.0 Å². The molecule has 0 aliphatic carbocycles. The molecular weight excluding hydrogens is 288 g/mol. The van der Waals surface area contributed by atoms with E-state index in [1.54, 1.807) is 17.8 Å². The first-order chi connectivity index (χ1) is 9.15. The van der Waals surface area contributed by atoms with E-state index in [-0.39, 0.29) is 10.8 Å². The van der Waals surface area contributed by atoms with Gasteiger partial charge in [-0.3, -0.25) is 15.1 Å². The Morgan fingerprint density at radius 2 is 2.16 bits per heavy atom. The molecular formula is C11H5ClN4O2S. The van der Waals surface area contributed by atoms with Crippen molar-refractivity contribution in [2.24, 2.45) is 0 Å². The molecule has 0 N–H and O–H groups in total. The van der Waals surface area contributed by atoms with Crippen molar-refractivity contribution in [2.75, 3.05) is 0 Å². The van der Waals surface area contributed by atoms with E-state index in [9.17, 15) is 10.1 Å². The molecule has 2 aromatic heterocycles. The van der Waals surface area contributed by atoms with Crippen LogP contribution in [-0.4, -0.2) is 19.9 Å². The lowest BCUT2D eigenvalue weighted by Gasteiger charge is -2.02. The van der Waals surface area contributed by atoms with Gasteiger partial charge in [-0.25, -0.2) is 9.97 Å². The second-order valence-electron chi connectivity index (χ2n) is 3.66. The number of rotatable bonds is 2. The van der Waals surface area contributed by atoms with Gasteiger partial charge in [-0.2, -0.15) is 0 Å². The third-order valence-corrected chi connectivity index (χ3v) is 3.55. The van der Waals surface area contributed by atoms with Gasteiger partial charge in [-0.1, -0.05) is 11.6 Å². The summed E-state index contributed by atoms with van der Waals surface area (Å²) in [4.78, 5) is 23.5. The molecule has 0 amide bonds. The second kappa shape index (κ2) is 4.52. The molecule has 94 valence electrons. The SMILES string of the molecule is O=[N+]([O-])c1ccc2c(Cl)nc(-c3cncs3)nc2c1. The first-order valence-electron chi connectivity index (χ1n) is 5.16. The monoisotopic (exact) mass is 292 g/mol. The number of nitro benzene ring substituents is 1. The lowest BCUT2D eigenvalue weighted by molar-refractivity contribution is -0.384. The molecule has 0 bridgehead atoms. The van der Waals surface area contributed by atoms with Crippen molar-refractivity contribution < 1.29 is 4.92 Å². The van der Waals surface area contributed by atoms with Crippen molar-refractivity contribution >= 4 is 39.5 Å². The van der Waals surface area contributed by atoms with E-state index in [1.807, 2.05) is 0 Å². The maximum Gasteiger partial charge on any atom is 0.271 e. The fraction of sp³-hybridized carbons (Fsp3) is 0. The predicted molar refractivity (Wildman–Crippen MR) is 72.3 cm³/mol. The zero-order valence-electron chi connectivity index (χ0n) is 9.28. The van der Waals surface area contributed by atoms with Gasteiger partial charge in [0.1, 0.15) is 5.15 Å². The van der Waals surface area contributed by atoms with E-state index in [0.29, 0.717) is 16.7 Å². The summed E-state index contributed by atoms with van der Waals surface area (Å²) in [5.74, 6) is 0.417. The maximum absolute atomic E-state index is 10.8. The summed E-state index contributed by atoms with van der Waals surface area (Å²) in [6.07, 6.45) is 1.62. The van der Waals surface area contributed by atoms with Crippen molar-refractivity contribution in [3.63, 3.8) is 0 Å². The van der Waals surface area contributed by atoms with Gasteiger partial charge in [-0.05, 0) is 6.07 Å². The number of fused-ring (bicyclic) bond motifs is 1. The molecule has 1 aromatic carbocycles. The van der Waals surface area contributed by atoms with E-state index in [4.69, 9.17) is 11.6 Å². The number of benzene rings is 1. The lowest BCUT2D eigenvalue weighted by atomic mass is 10.2. The number of halogens is 1. The highest BCUT2D eigenvalue weighted by atomic mass is 35.5. The quantitative estimate of drug-likeness (QED) is 0.411. The fourth-order valence-corrected chi connectivity index (χ4v) is 2.42. The van der Waals surface area contributed by atoms with Crippen LogP contribution < -0.4 is 0 Å². The van der Waals surface area contributed by atoms with Gasteiger partial charge >= 0.3 is 0 Å². The van der Waals surface area contributed by atoms with Gasteiger partial charge in [0, 0.05) is 23.7 Å². The largest absolute Gasteiger partial charge is 0.271 e. The van der Waals surface area contributed by atoms with Gasteiger partial charge in [0.15, 0.2) is 5.82 Å². The van der Waals surface area contributed by atoms with Crippen LogP contribution in [0.2, 0.25) is 5.15 Å². The van der Waals surface area contributed by atoms with Crippen LogP contribution in [0.4, 0.5) is 5.69 Å². The Labute approximate surface area is 115 Å². The van der Waals surface area contributed by atoms with Gasteiger partial charge in [0.2, 0.25) is 0 Å². The summed E-state index contributed by atoms with van der Waals surface area (Å²) in [7, 11) is 0. The van der Waals surface area contributed by atoms with Crippen LogP contribution >= 0.6 is 22.9 Å². The number of hydrogen-bond acceptors (Lipinski definition) is 6. The Bertz CT molecular complexity index is 776. The molecule has 3 aromatic rings. The highest BCUT2D eigenvalue weighted by Gasteiger charge is 2.13. The van der Waals surface area contributed by atoms with Gasteiger partial charge in [-0.15, -0.1) is 11.3 Å². The molecule has 8 heteroatoms. The molecule has 0 spiro atoms. The Morgan fingerprint density at radius 1 is 1.32 bits per heavy atom. The summed E-state index contributed by atoms with van der Waals surface area (Å²) in [6.45, 7) is 0. The van der Waals surface area contributed by atoms with Gasteiger partial charge < -0.3 is 0 Å². The summed E-state index contributed by atoms with van der Waals surface area (Å²) < 4.78 is 0. The van der Waals surface area contributed by atoms with Crippen LogP contribution in [0, 0.1) is 10.1 Å². The van der Waals surface area contributed by atoms with Crippen LogP contribution in [0.25, 0.3) is 21.6 Å². The first-order valence-corrected chi connectivity index (χ1v) is 6.41. The average molecular weight is 293 g/mol. The third kappa shape index (κ3) is 2.13. The van der Waals surface area contributed by atoms with E-state index in [0.717, 1.165) is 4.88 Å². The van der Waals surface area contributed by atoms with Crippen LogP contribution in [-0.2, 0) is 0 Å². The molecule has 0 aliphatic rings. The maximum atomic E-state index is 10.8. The van der Waals surface area contributed by atoms with Crippen LogP contribution in [0.1, 0.15) is 0 Å². The van der Waals surface area contributed by atoms with Crippen molar-refractivity contribution in [3.8, 4) is 10.7 Å². The lowest BCUT2D eigenvalue weighted by Crippen LogP contribution is -1.93. The molecule has 0 unspecified atom stereocenters. The number of nitro groups is 1. The number of aromatic nitrogens is 3. The molecule has 0 saturated carbocycles. The van der Waals surface area contributed by atoms with E-state index < -0.39 is 4.92 Å². The normalized spacial score (nSPS) is 10.8. The standard InChI is InChI=1S/C11H5ClN4O2S/c12-10-7-2-1-6(16(17)18)3-8(7)14-11(15-10)9-4-13-5-19-9/h1-5H. The molecule has 3 rings (SSSR count). The fourth-order valence-electron chi connectivity index (χ4n) is 1.63. The minimum atomic E-state index is -0.470. The Balaban J connectivity index is 2.25. The van der Waals surface area contributed by atoms with Crippen LogP contribution in [0.5, 0.6) is 0 Å². The van der Waals surface area contributed by atoms with Crippen molar-refractivity contribution in [3.05, 3.63) is 45.2 Å². The molecule has 0 saturated heterocycles. The van der Waals surface area contributed by atoms with E-state index >= 15 is 0 Å². The molecule has 0 fully saturated rings. The summed E-state index contributed by atoms with van der Waals surface area (Å²) in [5, 5.41) is 11.6. The molecule has 2 heterocycles. The highest BCUT2D eigenvalue weighted by Crippen LogP contribution is 2.28. The minimum Gasteiger partial charge on any atom is -0.258 e. The smallest absolute Gasteiger partial charge is 0.258 e. The Morgan fingerprint density at radius 3 is 2.84 bits per heavy atom. The third-order valence-electron chi connectivity index (χ3n) is 2.50. The highest BCUT2D eigenvalue weighted by molar-refractivity contribution is 7.13. The molecule has 0 radical (unpaired) electrons. The average Bonchev–Trinajstić information content (AvgIpc) is 2.91. The zero-order valence-corrected chi connectivity index (χ0v) is 10.9. The topological polar surface area (TPSA) is 81.8 Å². The molecule has 0 aliphatic heterocycles. The number of hydrogen-bond donors (Lipinski definition) is 0. The van der Waals surface area contributed by atoms with Crippen molar-refractivity contribution in [2.45, 2.75) is 0 Å². The van der Waals surface area contributed by atoms with E-state index in [2.05, 4.69) is 15.0 Å². The first kappa shape index (κ1) is 11.9. The van der Waals surface area contributed by atoms with Gasteiger partial charge in [0.25, 0.3) is 5.69 Å². The Kier molecular flexibility index (Phi) is 2.84. The summed E-state index contributed by atoms with van der Waals surface area (Å²) in [5.41, 5.74) is 2.07. The summed E-state index contributed by atoms with van der Waals surface area (Å²) >= 11 is 7.45. The zero-order chi connectivity index (χ0) is 13.4. The van der Waals surface area contributed by atoms with Gasteiger partial charge in [0.05, 0.1) is 20.8 Å². The Hall–Kier alpha value is -2.12. The number of thiazole rings is 1. The minimum absolute atomic E-state index is 0.0301. The second-order valence-corrected chi connectivity index (χ2v) is 4.91.